The van der Waals surface area contributed by atoms with Crippen molar-refractivity contribution in [2.75, 3.05) is 0 Å². The number of fused-ring (bicyclic) bond motifs is 1. The van der Waals surface area contributed by atoms with Crippen LogP contribution in [0.2, 0.25) is 4.34 Å². The molecule has 0 aliphatic carbocycles. The van der Waals surface area contributed by atoms with Crippen LogP contribution in [0.1, 0.15) is 11.4 Å². The van der Waals surface area contributed by atoms with E-state index in [0.717, 1.165) is 28.1 Å². The van der Waals surface area contributed by atoms with Crippen LogP contribution in [0, 0.1) is 0 Å². The van der Waals surface area contributed by atoms with Crippen molar-refractivity contribution < 1.29 is 8.42 Å². The van der Waals surface area contributed by atoms with Crippen LogP contribution in [0.15, 0.2) is 65.0 Å². The topological polar surface area (TPSA) is 76.9 Å². The average Bonchev–Trinajstić information content (AvgIpc) is 3.26. The fourth-order valence-electron chi connectivity index (χ4n) is 2.75. The average molecular weight is 419 g/mol. The van der Waals surface area contributed by atoms with Crippen LogP contribution in [-0.2, 0) is 23.1 Å². The van der Waals surface area contributed by atoms with E-state index in [1.165, 1.54) is 6.07 Å². The van der Waals surface area contributed by atoms with Gasteiger partial charge < -0.3 is 4.57 Å². The fraction of sp³-hybridized carbons (Fsp3) is 0.111. The van der Waals surface area contributed by atoms with Gasteiger partial charge in [0.15, 0.2) is 5.65 Å². The summed E-state index contributed by atoms with van der Waals surface area (Å²) in [7, 11) is -3.65. The maximum Gasteiger partial charge on any atom is 0.250 e. The number of pyridine rings is 1. The van der Waals surface area contributed by atoms with Gasteiger partial charge in [0, 0.05) is 6.20 Å². The standard InChI is InChI=1S/C18H15ClN4O2S2/c19-15-8-9-17(26-15)27(24,25)21-11-16-22-14-7-4-10-20-18(14)23(16)12-13-5-2-1-3-6-13/h1-10,21H,11-12H2. The normalized spacial score (nSPS) is 11.9. The molecule has 0 aliphatic rings. The van der Waals surface area contributed by atoms with Gasteiger partial charge in [-0.15, -0.1) is 11.3 Å². The number of nitrogens with zero attached hydrogens (tertiary/aromatic N) is 3. The van der Waals surface area contributed by atoms with Gasteiger partial charge >= 0.3 is 0 Å². The summed E-state index contributed by atoms with van der Waals surface area (Å²) in [6.45, 7) is 0.608. The molecule has 138 valence electrons. The molecule has 1 N–H and O–H groups in total. The highest BCUT2D eigenvalue weighted by Crippen LogP contribution is 2.25. The first-order valence-electron chi connectivity index (χ1n) is 8.12. The lowest BCUT2D eigenvalue weighted by Crippen LogP contribution is -2.24. The zero-order valence-corrected chi connectivity index (χ0v) is 16.4. The van der Waals surface area contributed by atoms with Gasteiger partial charge in [0.05, 0.1) is 17.4 Å². The number of imidazole rings is 1. The molecule has 0 bridgehead atoms. The van der Waals surface area contributed by atoms with E-state index in [-0.39, 0.29) is 10.8 Å². The third-order valence-electron chi connectivity index (χ3n) is 4.00. The van der Waals surface area contributed by atoms with Gasteiger partial charge in [0.1, 0.15) is 15.6 Å². The maximum absolute atomic E-state index is 12.5. The predicted molar refractivity (Wildman–Crippen MR) is 106 cm³/mol. The molecule has 1 aromatic carbocycles. The molecule has 9 heteroatoms. The second-order valence-corrected chi connectivity index (χ2v) is 9.54. The van der Waals surface area contributed by atoms with Crippen molar-refractivity contribution in [1.29, 1.82) is 0 Å². The van der Waals surface area contributed by atoms with E-state index in [4.69, 9.17) is 11.6 Å². The molecule has 0 saturated carbocycles. The zero-order valence-electron chi connectivity index (χ0n) is 14.0. The number of halogens is 1. The number of benzene rings is 1. The molecule has 6 nitrogen and oxygen atoms in total. The first kappa shape index (κ1) is 18.1. The molecule has 3 heterocycles. The van der Waals surface area contributed by atoms with Crippen LogP contribution >= 0.6 is 22.9 Å². The van der Waals surface area contributed by atoms with Crippen molar-refractivity contribution >= 4 is 44.1 Å². The first-order chi connectivity index (χ1) is 13.0. The van der Waals surface area contributed by atoms with Crippen LogP contribution in [0.25, 0.3) is 11.2 Å². The minimum absolute atomic E-state index is 0.0566. The number of hydrogen-bond acceptors (Lipinski definition) is 5. The molecule has 0 saturated heterocycles. The molecule has 3 aromatic heterocycles. The second kappa shape index (κ2) is 7.40. The summed E-state index contributed by atoms with van der Waals surface area (Å²) < 4.78 is 30.1. The van der Waals surface area contributed by atoms with Crippen LogP contribution in [-0.4, -0.2) is 23.0 Å². The quantitative estimate of drug-likeness (QED) is 0.518. The maximum atomic E-state index is 12.5. The number of aromatic nitrogens is 3. The Labute approximate surface area is 165 Å². The number of sulfonamides is 1. The minimum Gasteiger partial charge on any atom is -0.307 e. The molecule has 0 aliphatic heterocycles. The fourth-order valence-corrected chi connectivity index (χ4v) is 5.25. The number of rotatable bonds is 6. The molecule has 0 amide bonds. The highest BCUT2D eigenvalue weighted by atomic mass is 35.5. The predicted octanol–water partition coefficient (Wildman–Crippen LogP) is 3.67. The van der Waals surface area contributed by atoms with Crippen molar-refractivity contribution in [1.82, 2.24) is 19.3 Å². The summed E-state index contributed by atoms with van der Waals surface area (Å²) in [5, 5.41) is 0. The molecular weight excluding hydrogens is 404 g/mol. The lowest BCUT2D eigenvalue weighted by Gasteiger charge is -2.10. The third-order valence-corrected chi connectivity index (χ3v) is 7.12. The number of hydrogen-bond donors (Lipinski definition) is 1. The van der Waals surface area contributed by atoms with Crippen molar-refractivity contribution in [2.45, 2.75) is 17.3 Å². The van der Waals surface area contributed by atoms with Gasteiger partial charge in [0.25, 0.3) is 10.0 Å². The second-order valence-electron chi connectivity index (χ2n) is 5.83. The third kappa shape index (κ3) is 3.89. The van der Waals surface area contributed by atoms with Crippen molar-refractivity contribution in [2.24, 2.45) is 0 Å². The molecule has 0 atom stereocenters. The molecule has 0 radical (unpaired) electrons. The molecule has 4 rings (SSSR count). The molecule has 0 spiro atoms. The Bertz CT molecular complexity index is 1190. The molecule has 27 heavy (non-hydrogen) atoms. The molecule has 4 aromatic rings. The Hall–Kier alpha value is -2.26. The van der Waals surface area contributed by atoms with Crippen molar-refractivity contribution in [3.8, 4) is 0 Å². The largest absolute Gasteiger partial charge is 0.307 e. The summed E-state index contributed by atoms with van der Waals surface area (Å²) >= 11 is 6.87. The highest BCUT2D eigenvalue weighted by Gasteiger charge is 2.19. The van der Waals surface area contributed by atoms with Gasteiger partial charge in [-0.25, -0.2) is 23.1 Å². The lowest BCUT2D eigenvalue weighted by atomic mass is 10.2. The van der Waals surface area contributed by atoms with Crippen LogP contribution in [0.5, 0.6) is 0 Å². The Balaban J connectivity index is 1.66. The Kier molecular flexibility index (Phi) is 4.96. The smallest absolute Gasteiger partial charge is 0.250 e. The number of nitrogens with one attached hydrogen (secondary N) is 1. The van der Waals surface area contributed by atoms with Crippen LogP contribution in [0.4, 0.5) is 0 Å². The van der Waals surface area contributed by atoms with E-state index in [0.29, 0.717) is 16.7 Å². The van der Waals surface area contributed by atoms with Gasteiger partial charge in [-0.3, -0.25) is 0 Å². The van der Waals surface area contributed by atoms with E-state index >= 15 is 0 Å². The Morgan fingerprint density at radius 3 is 2.63 bits per heavy atom. The van der Waals surface area contributed by atoms with E-state index in [1.54, 1.807) is 12.3 Å². The minimum atomic E-state index is -3.65. The summed E-state index contributed by atoms with van der Waals surface area (Å²) in [4.78, 5) is 8.97. The van der Waals surface area contributed by atoms with Crippen LogP contribution in [0.3, 0.4) is 0 Å². The lowest BCUT2D eigenvalue weighted by molar-refractivity contribution is 0.578. The van der Waals surface area contributed by atoms with Gasteiger partial charge in [0.2, 0.25) is 0 Å². The summed E-state index contributed by atoms with van der Waals surface area (Å²) in [6, 6.07) is 16.6. The van der Waals surface area contributed by atoms with E-state index < -0.39 is 10.0 Å². The summed E-state index contributed by atoms with van der Waals surface area (Å²) in [5.74, 6) is 0.596. The SMILES string of the molecule is O=S(=O)(NCc1nc2cccnc2n1Cc1ccccc1)c1ccc(Cl)s1. The van der Waals surface area contributed by atoms with Gasteiger partial charge in [-0.2, -0.15) is 0 Å². The molecule has 0 unspecified atom stereocenters. The zero-order chi connectivity index (χ0) is 18.9. The van der Waals surface area contributed by atoms with Crippen molar-refractivity contribution in [3.05, 3.63) is 76.5 Å². The monoisotopic (exact) mass is 418 g/mol. The first-order valence-corrected chi connectivity index (χ1v) is 10.8. The molecular formula is C18H15ClN4O2S2. The Morgan fingerprint density at radius 2 is 1.89 bits per heavy atom. The number of thiophene rings is 1. The summed E-state index contributed by atoms with van der Waals surface area (Å²) in [5.41, 5.74) is 2.52. The van der Waals surface area contributed by atoms with Gasteiger partial charge in [-0.1, -0.05) is 41.9 Å². The highest BCUT2D eigenvalue weighted by molar-refractivity contribution is 7.91. The Morgan fingerprint density at radius 1 is 1.07 bits per heavy atom. The van der Waals surface area contributed by atoms with E-state index in [1.807, 2.05) is 47.0 Å². The van der Waals surface area contributed by atoms with Gasteiger partial charge in [-0.05, 0) is 29.8 Å². The summed E-state index contributed by atoms with van der Waals surface area (Å²) in [6.07, 6.45) is 1.70. The van der Waals surface area contributed by atoms with Crippen LogP contribution < -0.4 is 4.72 Å². The van der Waals surface area contributed by atoms with E-state index in [2.05, 4.69) is 14.7 Å². The van der Waals surface area contributed by atoms with E-state index in [9.17, 15) is 8.42 Å². The molecule has 0 fully saturated rings. The van der Waals surface area contributed by atoms with Crippen molar-refractivity contribution in [3.63, 3.8) is 0 Å².